The van der Waals surface area contributed by atoms with E-state index in [4.69, 9.17) is 11.5 Å². The first-order chi connectivity index (χ1) is 11.5. The third-order valence-electron chi connectivity index (χ3n) is 5.43. The number of fused-ring (bicyclic) bond motifs is 1. The molecule has 1 aliphatic heterocycles. The Labute approximate surface area is 141 Å². The zero-order chi connectivity index (χ0) is 16.8. The van der Waals surface area contributed by atoms with Gasteiger partial charge in [0.15, 0.2) is 0 Å². The average molecular weight is 325 g/mol. The SMILES string of the molecule is CC(CN1C[C@@H]2C(N)[C@@H]2C1)c1ccc(-n2ccc(N)nc2=O)cc1. The molecule has 2 aliphatic rings. The van der Waals surface area contributed by atoms with Crippen LogP contribution in [0.3, 0.4) is 0 Å². The Morgan fingerprint density at radius 1 is 1.21 bits per heavy atom. The van der Waals surface area contributed by atoms with Crippen LogP contribution in [0, 0.1) is 11.8 Å². The number of aromatic nitrogens is 2. The molecule has 2 unspecified atom stereocenters. The van der Waals surface area contributed by atoms with Gasteiger partial charge in [-0.15, -0.1) is 0 Å². The summed E-state index contributed by atoms with van der Waals surface area (Å²) in [6.45, 7) is 5.58. The topological polar surface area (TPSA) is 90.2 Å². The lowest BCUT2D eigenvalue weighted by molar-refractivity contribution is 0.283. The van der Waals surface area contributed by atoms with E-state index >= 15 is 0 Å². The molecule has 0 amide bonds. The number of benzene rings is 1. The molecule has 1 saturated carbocycles. The molecule has 2 aromatic rings. The van der Waals surface area contributed by atoms with Crippen LogP contribution in [0.1, 0.15) is 18.4 Å². The van der Waals surface area contributed by atoms with E-state index in [1.165, 1.54) is 10.1 Å². The molecular formula is C18H23N5O. The van der Waals surface area contributed by atoms with Gasteiger partial charge in [0, 0.05) is 31.9 Å². The van der Waals surface area contributed by atoms with Gasteiger partial charge < -0.3 is 16.4 Å². The second-order valence-corrected chi connectivity index (χ2v) is 7.12. The minimum absolute atomic E-state index is 0.241. The number of rotatable bonds is 4. The molecule has 2 fully saturated rings. The number of likely N-dealkylation sites (tertiary alicyclic amines) is 1. The van der Waals surface area contributed by atoms with Gasteiger partial charge in [-0.25, -0.2) is 4.79 Å². The van der Waals surface area contributed by atoms with E-state index in [0.29, 0.717) is 12.0 Å². The van der Waals surface area contributed by atoms with Crippen LogP contribution in [0.5, 0.6) is 0 Å². The predicted octanol–water partition coefficient (Wildman–Crippen LogP) is 0.807. The van der Waals surface area contributed by atoms with E-state index in [1.807, 2.05) is 12.1 Å². The molecule has 1 saturated heterocycles. The van der Waals surface area contributed by atoms with Gasteiger partial charge in [0.1, 0.15) is 5.82 Å². The van der Waals surface area contributed by atoms with Crippen molar-refractivity contribution in [2.45, 2.75) is 18.9 Å². The molecular weight excluding hydrogens is 302 g/mol. The van der Waals surface area contributed by atoms with E-state index < -0.39 is 0 Å². The number of nitrogens with two attached hydrogens (primary N) is 2. The maximum Gasteiger partial charge on any atom is 0.354 e. The first-order valence-electron chi connectivity index (χ1n) is 8.46. The Balaban J connectivity index is 1.44. The molecule has 0 bridgehead atoms. The van der Waals surface area contributed by atoms with E-state index in [9.17, 15) is 4.79 Å². The van der Waals surface area contributed by atoms with Crippen molar-refractivity contribution in [2.75, 3.05) is 25.4 Å². The number of piperidine rings is 1. The standard InChI is InChI=1S/C18H23N5O/c1-11(8-22-9-14-15(10-22)17(14)20)12-2-4-13(5-3-12)23-7-6-16(19)21-18(23)24/h2-7,11,14-15,17H,8-10,20H2,1H3,(H2,19,21,24)/t11?,14-,15+,17?. The smallest absolute Gasteiger partial charge is 0.354 e. The predicted molar refractivity (Wildman–Crippen MR) is 94.1 cm³/mol. The van der Waals surface area contributed by atoms with Crippen molar-refractivity contribution in [1.82, 2.24) is 14.5 Å². The summed E-state index contributed by atoms with van der Waals surface area (Å²) >= 11 is 0. The van der Waals surface area contributed by atoms with Crippen molar-refractivity contribution in [1.29, 1.82) is 0 Å². The Morgan fingerprint density at radius 2 is 1.88 bits per heavy atom. The molecule has 2 heterocycles. The molecule has 0 spiro atoms. The molecule has 0 radical (unpaired) electrons. The third-order valence-corrected chi connectivity index (χ3v) is 5.43. The Bertz CT molecular complexity index is 788. The minimum Gasteiger partial charge on any atom is -0.383 e. The van der Waals surface area contributed by atoms with Crippen LogP contribution < -0.4 is 17.2 Å². The summed E-state index contributed by atoms with van der Waals surface area (Å²) in [4.78, 5) is 18.2. The maximum absolute atomic E-state index is 11.9. The number of nitrogen functional groups attached to an aromatic ring is 1. The van der Waals surface area contributed by atoms with E-state index in [1.54, 1.807) is 12.3 Å². The van der Waals surface area contributed by atoms with Gasteiger partial charge in [-0.1, -0.05) is 19.1 Å². The number of hydrogen-bond acceptors (Lipinski definition) is 5. The quantitative estimate of drug-likeness (QED) is 0.868. The highest BCUT2D eigenvalue weighted by Crippen LogP contribution is 2.44. The summed E-state index contributed by atoms with van der Waals surface area (Å²) in [5.74, 6) is 2.15. The van der Waals surface area contributed by atoms with Crippen molar-refractivity contribution in [2.24, 2.45) is 17.6 Å². The molecule has 24 heavy (non-hydrogen) atoms. The van der Waals surface area contributed by atoms with Gasteiger partial charge in [0.05, 0.1) is 5.69 Å². The minimum atomic E-state index is -0.358. The summed E-state index contributed by atoms with van der Waals surface area (Å²) in [5, 5.41) is 0. The molecule has 4 atom stereocenters. The number of anilines is 1. The zero-order valence-corrected chi connectivity index (χ0v) is 13.8. The van der Waals surface area contributed by atoms with Crippen LogP contribution >= 0.6 is 0 Å². The lowest BCUT2D eigenvalue weighted by atomic mass is 10.00. The third kappa shape index (κ3) is 2.72. The van der Waals surface area contributed by atoms with Crippen molar-refractivity contribution in [3.8, 4) is 5.69 Å². The fraction of sp³-hybridized carbons (Fsp3) is 0.444. The molecule has 1 aromatic heterocycles. The highest BCUT2D eigenvalue weighted by atomic mass is 16.1. The van der Waals surface area contributed by atoms with Crippen LogP contribution in [-0.2, 0) is 0 Å². The fourth-order valence-corrected chi connectivity index (χ4v) is 3.88. The highest BCUT2D eigenvalue weighted by Gasteiger charge is 2.53. The molecule has 4 rings (SSSR count). The van der Waals surface area contributed by atoms with Crippen molar-refractivity contribution >= 4 is 5.82 Å². The van der Waals surface area contributed by atoms with E-state index in [0.717, 1.165) is 37.2 Å². The molecule has 4 N–H and O–H groups in total. The lowest BCUT2D eigenvalue weighted by Crippen LogP contribution is -2.31. The van der Waals surface area contributed by atoms with Gasteiger partial charge >= 0.3 is 5.69 Å². The molecule has 6 nitrogen and oxygen atoms in total. The van der Waals surface area contributed by atoms with Gasteiger partial charge in [-0.05, 0) is 41.5 Å². The summed E-state index contributed by atoms with van der Waals surface area (Å²) < 4.78 is 1.50. The van der Waals surface area contributed by atoms with Crippen LogP contribution in [-0.4, -0.2) is 40.1 Å². The molecule has 1 aromatic carbocycles. The number of hydrogen-bond donors (Lipinski definition) is 2. The van der Waals surface area contributed by atoms with E-state index in [-0.39, 0.29) is 11.5 Å². The maximum atomic E-state index is 11.9. The van der Waals surface area contributed by atoms with Gasteiger partial charge in [-0.2, -0.15) is 4.98 Å². The van der Waals surface area contributed by atoms with Crippen LogP contribution in [0.15, 0.2) is 41.3 Å². The monoisotopic (exact) mass is 325 g/mol. The first kappa shape index (κ1) is 15.4. The van der Waals surface area contributed by atoms with E-state index in [2.05, 4.69) is 28.9 Å². The van der Waals surface area contributed by atoms with Gasteiger partial charge in [0.25, 0.3) is 0 Å². The van der Waals surface area contributed by atoms with Crippen LogP contribution in [0.25, 0.3) is 5.69 Å². The fourth-order valence-electron chi connectivity index (χ4n) is 3.88. The first-order valence-corrected chi connectivity index (χ1v) is 8.46. The lowest BCUT2D eigenvalue weighted by Gasteiger charge is -2.23. The number of nitrogens with zero attached hydrogens (tertiary/aromatic N) is 3. The molecule has 1 aliphatic carbocycles. The largest absolute Gasteiger partial charge is 0.383 e. The molecule has 6 heteroatoms. The molecule has 126 valence electrons. The Hall–Kier alpha value is -2.18. The van der Waals surface area contributed by atoms with Crippen molar-refractivity contribution < 1.29 is 0 Å². The van der Waals surface area contributed by atoms with Gasteiger partial charge in [-0.3, -0.25) is 4.57 Å². The second-order valence-electron chi connectivity index (χ2n) is 7.12. The zero-order valence-electron chi connectivity index (χ0n) is 13.8. The summed E-state index contributed by atoms with van der Waals surface area (Å²) in [7, 11) is 0. The Morgan fingerprint density at radius 3 is 2.50 bits per heavy atom. The van der Waals surface area contributed by atoms with Crippen molar-refractivity contribution in [3.05, 3.63) is 52.6 Å². The summed E-state index contributed by atoms with van der Waals surface area (Å²) in [6, 6.07) is 10.2. The Kier molecular flexibility index (Phi) is 3.66. The second kappa shape index (κ2) is 5.72. The van der Waals surface area contributed by atoms with Crippen LogP contribution in [0.2, 0.25) is 0 Å². The summed E-state index contributed by atoms with van der Waals surface area (Å²) in [6.07, 6.45) is 1.66. The normalized spacial score (nSPS) is 27.0. The van der Waals surface area contributed by atoms with Crippen LogP contribution in [0.4, 0.5) is 5.82 Å². The summed E-state index contributed by atoms with van der Waals surface area (Å²) in [5.41, 5.74) is 13.3. The van der Waals surface area contributed by atoms with Gasteiger partial charge in [0.2, 0.25) is 0 Å². The van der Waals surface area contributed by atoms with Crippen molar-refractivity contribution in [3.63, 3.8) is 0 Å². The average Bonchev–Trinajstić information content (AvgIpc) is 2.96. The highest BCUT2D eigenvalue weighted by molar-refractivity contribution is 5.37.